The summed E-state index contributed by atoms with van der Waals surface area (Å²) in [5.41, 5.74) is 3.72. The molecule has 0 spiro atoms. The normalized spacial score (nSPS) is 15.3. The third-order valence-electron chi connectivity index (χ3n) is 2.82. The molecule has 0 atom stereocenters. The lowest BCUT2D eigenvalue weighted by Crippen LogP contribution is -1.99. The molecule has 0 radical (unpaired) electrons. The summed E-state index contributed by atoms with van der Waals surface area (Å²) in [7, 11) is 0. The first-order valence-electron chi connectivity index (χ1n) is 4.71. The molecule has 0 N–H and O–H groups in total. The maximum atomic E-state index is 8.89. The van der Waals surface area contributed by atoms with E-state index in [2.05, 4.69) is 11.1 Å². The van der Waals surface area contributed by atoms with Crippen molar-refractivity contribution in [3.05, 3.63) is 27.5 Å². The molecular weight excluding hydrogens is 196 g/mol. The van der Waals surface area contributed by atoms with E-state index in [9.17, 15) is 0 Å². The number of pyridine rings is 1. The average molecular weight is 207 g/mol. The highest BCUT2D eigenvalue weighted by Crippen LogP contribution is 2.42. The van der Waals surface area contributed by atoms with Crippen LogP contribution in [-0.4, -0.2) is 4.98 Å². The fraction of sp³-hybridized carbons (Fsp3) is 0.455. The van der Waals surface area contributed by atoms with Gasteiger partial charge in [-0.15, -0.1) is 0 Å². The van der Waals surface area contributed by atoms with Gasteiger partial charge in [0, 0.05) is 11.6 Å². The van der Waals surface area contributed by atoms with Gasteiger partial charge in [-0.2, -0.15) is 5.26 Å². The van der Waals surface area contributed by atoms with E-state index in [1.165, 1.54) is 12.8 Å². The van der Waals surface area contributed by atoms with Crippen molar-refractivity contribution < 1.29 is 0 Å². The Balaban J connectivity index is 2.62. The van der Waals surface area contributed by atoms with E-state index in [0.29, 0.717) is 16.6 Å². The molecule has 0 saturated heterocycles. The van der Waals surface area contributed by atoms with Crippen LogP contribution in [0.3, 0.4) is 0 Å². The van der Waals surface area contributed by atoms with Crippen LogP contribution in [0, 0.1) is 25.2 Å². The highest BCUT2D eigenvalue weighted by Gasteiger charge is 2.28. The molecule has 1 aromatic heterocycles. The summed E-state index contributed by atoms with van der Waals surface area (Å²) in [5, 5.41) is 9.25. The van der Waals surface area contributed by atoms with Crippen molar-refractivity contribution in [3.63, 3.8) is 0 Å². The van der Waals surface area contributed by atoms with Crippen molar-refractivity contribution in [2.45, 2.75) is 32.6 Å². The molecule has 1 saturated carbocycles. The van der Waals surface area contributed by atoms with E-state index in [4.69, 9.17) is 16.9 Å². The van der Waals surface area contributed by atoms with Crippen molar-refractivity contribution in [2.24, 2.45) is 0 Å². The second kappa shape index (κ2) is 3.25. The van der Waals surface area contributed by atoms with Crippen LogP contribution in [0.15, 0.2) is 0 Å². The second-order valence-corrected chi connectivity index (χ2v) is 4.16. The minimum Gasteiger partial charge on any atom is -0.239 e. The number of aromatic nitrogens is 1. The van der Waals surface area contributed by atoms with Crippen LogP contribution in [0.4, 0.5) is 0 Å². The summed E-state index contributed by atoms with van der Waals surface area (Å²) in [5.74, 6) is 0.582. The molecule has 14 heavy (non-hydrogen) atoms. The maximum Gasteiger partial charge on any atom is 0.147 e. The molecule has 0 unspecified atom stereocenters. The van der Waals surface area contributed by atoms with Gasteiger partial charge in [-0.05, 0) is 37.8 Å². The zero-order valence-corrected chi connectivity index (χ0v) is 9.02. The smallest absolute Gasteiger partial charge is 0.147 e. The first-order chi connectivity index (χ1) is 6.65. The van der Waals surface area contributed by atoms with Gasteiger partial charge in [-0.1, -0.05) is 11.6 Å². The van der Waals surface area contributed by atoms with Crippen molar-refractivity contribution in [1.82, 2.24) is 4.98 Å². The van der Waals surface area contributed by atoms with Crippen molar-refractivity contribution in [2.75, 3.05) is 0 Å². The zero-order chi connectivity index (χ0) is 10.3. The predicted molar refractivity (Wildman–Crippen MR) is 55.4 cm³/mol. The van der Waals surface area contributed by atoms with E-state index >= 15 is 0 Å². The Morgan fingerprint density at radius 2 is 2.00 bits per heavy atom. The summed E-state index contributed by atoms with van der Waals surface area (Å²) in [4.78, 5) is 4.31. The number of nitriles is 1. The van der Waals surface area contributed by atoms with Gasteiger partial charge in [0.25, 0.3) is 0 Å². The predicted octanol–water partition coefficient (Wildman–Crippen LogP) is 3.10. The van der Waals surface area contributed by atoms with Crippen LogP contribution < -0.4 is 0 Å². The van der Waals surface area contributed by atoms with E-state index in [1.807, 2.05) is 13.8 Å². The molecule has 0 aliphatic heterocycles. The zero-order valence-electron chi connectivity index (χ0n) is 8.26. The lowest BCUT2D eigenvalue weighted by atomic mass is 10.0. The van der Waals surface area contributed by atoms with Crippen molar-refractivity contribution in [3.8, 4) is 6.07 Å². The van der Waals surface area contributed by atoms with Gasteiger partial charge in [0.1, 0.15) is 11.2 Å². The molecule has 1 aliphatic carbocycles. The Labute approximate surface area is 88.5 Å². The number of nitrogens with zero attached hydrogens (tertiary/aromatic N) is 2. The molecule has 3 heteroatoms. The number of halogens is 1. The first kappa shape index (κ1) is 9.48. The van der Waals surface area contributed by atoms with Gasteiger partial charge in [-0.25, -0.2) is 4.98 Å². The second-order valence-electron chi connectivity index (χ2n) is 3.80. The SMILES string of the molecule is Cc1c(C2CC2)nc(Cl)c(C#N)c1C. The van der Waals surface area contributed by atoms with Crippen LogP contribution in [0.2, 0.25) is 5.15 Å². The summed E-state index contributed by atoms with van der Waals surface area (Å²) in [6.07, 6.45) is 2.41. The first-order valence-corrected chi connectivity index (χ1v) is 5.09. The molecule has 0 amide bonds. The Hall–Kier alpha value is -1.07. The highest BCUT2D eigenvalue weighted by atomic mass is 35.5. The lowest BCUT2D eigenvalue weighted by Gasteiger charge is -2.09. The monoisotopic (exact) mass is 206 g/mol. The molecule has 1 aromatic rings. The van der Waals surface area contributed by atoms with E-state index in [1.54, 1.807) is 0 Å². The van der Waals surface area contributed by atoms with Gasteiger partial charge in [0.05, 0.1) is 5.56 Å². The summed E-state index contributed by atoms with van der Waals surface area (Å²) < 4.78 is 0. The van der Waals surface area contributed by atoms with Crippen molar-refractivity contribution >= 4 is 11.6 Å². The molecule has 2 nitrogen and oxygen atoms in total. The maximum absolute atomic E-state index is 8.89. The van der Waals surface area contributed by atoms with Gasteiger partial charge < -0.3 is 0 Å². The molecule has 1 aliphatic rings. The minimum atomic E-state index is 0.359. The van der Waals surface area contributed by atoms with Crippen LogP contribution in [0.5, 0.6) is 0 Å². The Morgan fingerprint density at radius 1 is 1.36 bits per heavy atom. The molecule has 0 bridgehead atoms. The molecular formula is C11H11ClN2. The van der Waals surface area contributed by atoms with Gasteiger partial charge in [-0.3, -0.25) is 0 Å². The Kier molecular flexibility index (Phi) is 2.20. The highest BCUT2D eigenvalue weighted by molar-refractivity contribution is 6.30. The van der Waals surface area contributed by atoms with Gasteiger partial charge >= 0.3 is 0 Å². The third kappa shape index (κ3) is 1.38. The van der Waals surface area contributed by atoms with E-state index < -0.39 is 0 Å². The molecule has 0 aromatic carbocycles. The largest absolute Gasteiger partial charge is 0.239 e. The minimum absolute atomic E-state index is 0.359. The van der Waals surface area contributed by atoms with Crippen LogP contribution in [-0.2, 0) is 0 Å². The topological polar surface area (TPSA) is 36.7 Å². The number of rotatable bonds is 1. The number of hydrogen-bond donors (Lipinski definition) is 0. The standard InChI is InChI=1S/C11H11ClN2/c1-6-7(2)10(8-3-4-8)14-11(12)9(6)5-13/h8H,3-4H2,1-2H3. The summed E-state index contributed by atoms with van der Waals surface area (Å²) >= 11 is 5.95. The molecule has 1 fully saturated rings. The van der Waals surface area contributed by atoms with Gasteiger partial charge in [0.15, 0.2) is 0 Å². The molecule has 72 valence electrons. The van der Waals surface area contributed by atoms with Crippen LogP contribution in [0.1, 0.15) is 41.1 Å². The van der Waals surface area contributed by atoms with E-state index in [-0.39, 0.29) is 0 Å². The summed E-state index contributed by atoms with van der Waals surface area (Å²) in [6.45, 7) is 3.96. The van der Waals surface area contributed by atoms with Gasteiger partial charge in [0.2, 0.25) is 0 Å². The van der Waals surface area contributed by atoms with Crippen molar-refractivity contribution in [1.29, 1.82) is 5.26 Å². The molecule has 2 rings (SSSR count). The Morgan fingerprint density at radius 3 is 2.50 bits per heavy atom. The molecule has 1 heterocycles. The van der Waals surface area contributed by atoms with Crippen LogP contribution >= 0.6 is 11.6 Å². The van der Waals surface area contributed by atoms with Crippen LogP contribution in [0.25, 0.3) is 0 Å². The average Bonchev–Trinajstić information content (AvgIpc) is 2.95. The quantitative estimate of drug-likeness (QED) is 0.662. The number of hydrogen-bond acceptors (Lipinski definition) is 2. The third-order valence-corrected chi connectivity index (χ3v) is 3.10. The lowest BCUT2D eigenvalue weighted by molar-refractivity contribution is 0.980. The fourth-order valence-corrected chi connectivity index (χ4v) is 1.94. The van der Waals surface area contributed by atoms with E-state index in [0.717, 1.165) is 16.8 Å². The Bertz CT molecular complexity index is 428. The fourth-order valence-electron chi connectivity index (χ4n) is 1.66. The summed E-state index contributed by atoms with van der Waals surface area (Å²) in [6, 6.07) is 2.10.